The first-order valence-electron chi connectivity index (χ1n) is 8.31. The molecule has 4 heterocycles. The smallest absolute Gasteiger partial charge is 0.352 e. The van der Waals surface area contributed by atoms with Crippen molar-refractivity contribution in [1.82, 2.24) is 20.4 Å². The number of nitrogens with one attached hydrogen (secondary N) is 1. The monoisotopic (exact) mass is 503 g/mol. The quantitative estimate of drug-likeness (QED) is 0.327. The van der Waals surface area contributed by atoms with Crippen molar-refractivity contribution in [1.29, 1.82) is 0 Å². The number of thiol groups is 1. The van der Waals surface area contributed by atoms with Gasteiger partial charge in [-0.2, -0.15) is 12.6 Å². The van der Waals surface area contributed by atoms with E-state index in [1.54, 1.807) is 5.38 Å². The van der Waals surface area contributed by atoms with E-state index in [4.69, 9.17) is 5.73 Å². The highest BCUT2D eigenvalue weighted by Gasteiger charge is 2.54. The van der Waals surface area contributed by atoms with E-state index in [0.29, 0.717) is 21.2 Å². The Morgan fingerprint density at radius 3 is 2.73 bits per heavy atom. The van der Waals surface area contributed by atoms with E-state index in [1.807, 2.05) is 0 Å². The lowest BCUT2D eigenvalue weighted by Gasteiger charge is -2.49. The molecule has 3 atom stereocenters. The summed E-state index contributed by atoms with van der Waals surface area (Å²) in [5, 5.41) is 21.1. The van der Waals surface area contributed by atoms with E-state index in [0.717, 1.165) is 34.0 Å². The summed E-state index contributed by atoms with van der Waals surface area (Å²) in [7, 11) is 0. The van der Waals surface area contributed by atoms with Gasteiger partial charge in [0.25, 0.3) is 9.96 Å². The number of hydrogen-bond donors (Lipinski definition) is 4. The van der Waals surface area contributed by atoms with E-state index in [-0.39, 0.29) is 21.3 Å². The van der Waals surface area contributed by atoms with Gasteiger partial charge in [0.2, 0.25) is 11.0 Å². The topological polar surface area (TPSA) is 156 Å². The zero-order valence-corrected chi connectivity index (χ0v) is 19.0. The van der Waals surface area contributed by atoms with E-state index >= 15 is 0 Å². The molecule has 0 saturated carbocycles. The molecule has 2 aliphatic rings. The van der Waals surface area contributed by atoms with Crippen LogP contribution in [0.2, 0.25) is 0 Å². The van der Waals surface area contributed by atoms with Gasteiger partial charge in [0, 0.05) is 16.0 Å². The number of fused-ring (bicyclic) bond motifs is 1. The summed E-state index contributed by atoms with van der Waals surface area (Å²) in [4.78, 5) is 50.0. The van der Waals surface area contributed by atoms with Gasteiger partial charge >= 0.3 is 5.97 Å². The summed E-state index contributed by atoms with van der Waals surface area (Å²) in [6.45, 7) is 0. The van der Waals surface area contributed by atoms with Crippen molar-refractivity contribution in [2.45, 2.75) is 23.1 Å². The second-order valence-electron chi connectivity index (χ2n) is 6.25. The van der Waals surface area contributed by atoms with Crippen LogP contribution in [-0.2, 0) is 20.8 Å². The van der Waals surface area contributed by atoms with E-state index in [1.165, 1.54) is 16.7 Å². The lowest BCUT2D eigenvalue weighted by Crippen LogP contribution is -2.70. The highest BCUT2D eigenvalue weighted by molar-refractivity contribution is 8.00. The summed E-state index contributed by atoms with van der Waals surface area (Å²) < 4.78 is -0.103. The number of thioether (sulfide) groups is 1. The molecule has 10 nitrogen and oxygen atoms in total. The molecule has 2 aliphatic heterocycles. The number of aliphatic carboxylic acids is 1. The van der Waals surface area contributed by atoms with Gasteiger partial charge in [-0.05, 0) is 5.57 Å². The average molecular weight is 504 g/mol. The molecular weight excluding hydrogens is 491 g/mol. The van der Waals surface area contributed by atoms with Crippen LogP contribution in [0.3, 0.4) is 0 Å². The number of aromatic nitrogens is 2. The average Bonchev–Trinajstić information content (AvgIpc) is 3.32. The van der Waals surface area contributed by atoms with Gasteiger partial charge in [-0.1, -0.05) is 34.0 Å². The van der Waals surface area contributed by atoms with Gasteiger partial charge in [0.1, 0.15) is 22.1 Å². The molecule has 2 aromatic rings. The third-order valence-corrected chi connectivity index (χ3v) is 9.20. The van der Waals surface area contributed by atoms with E-state index in [9.17, 15) is 24.3 Å². The van der Waals surface area contributed by atoms with Crippen molar-refractivity contribution in [3.63, 3.8) is 0 Å². The predicted octanol–water partition coefficient (Wildman–Crippen LogP) is 0.556. The highest BCUT2D eigenvalue weighted by atomic mass is 32.2. The van der Waals surface area contributed by atoms with Gasteiger partial charge in [-0.15, -0.1) is 22.0 Å². The van der Waals surface area contributed by atoms with Crippen molar-refractivity contribution >= 4 is 81.3 Å². The maximum Gasteiger partial charge on any atom is 0.352 e. The van der Waals surface area contributed by atoms with E-state index < -0.39 is 34.4 Å². The van der Waals surface area contributed by atoms with Crippen LogP contribution in [0.1, 0.15) is 15.1 Å². The highest BCUT2D eigenvalue weighted by Crippen LogP contribution is 2.45. The number of β-lactam (4-membered cyclic amide) rings is 1. The lowest BCUT2D eigenvalue weighted by molar-refractivity contribution is -0.150. The molecule has 0 spiro atoms. The van der Waals surface area contributed by atoms with Crippen LogP contribution in [0.15, 0.2) is 21.4 Å². The molecule has 1 fully saturated rings. The minimum absolute atomic E-state index is 0.00532. The minimum Gasteiger partial charge on any atom is -0.477 e. The number of carboxylic acids is 1. The van der Waals surface area contributed by atoms with Crippen LogP contribution in [0.5, 0.6) is 0 Å². The van der Waals surface area contributed by atoms with Crippen LogP contribution in [0.4, 0.5) is 5.13 Å². The molecular formula is C15H13N5O5S5. The van der Waals surface area contributed by atoms with Gasteiger partial charge < -0.3 is 16.2 Å². The zero-order valence-electron chi connectivity index (χ0n) is 14.8. The van der Waals surface area contributed by atoms with Crippen molar-refractivity contribution in [2.75, 3.05) is 11.5 Å². The molecule has 0 aliphatic carbocycles. The number of carbonyl (C=O) groups excluding carboxylic acids is 2. The van der Waals surface area contributed by atoms with Gasteiger partial charge in [0.05, 0.1) is 11.7 Å². The van der Waals surface area contributed by atoms with Gasteiger partial charge in [-0.3, -0.25) is 19.3 Å². The molecule has 158 valence electrons. The third kappa shape index (κ3) is 3.87. The predicted molar refractivity (Wildman–Crippen MR) is 118 cm³/mol. The first-order valence-corrected chi connectivity index (χ1v) is 12.4. The largest absolute Gasteiger partial charge is 0.477 e. The summed E-state index contributed by atoms with van der Waals surface area (Å²) in [6.07, 6.45) is -0.00532. The summed E-state index contributed by atoms with van der Waals surface area (Å²) >= 11 is 8.92. The Kier molecular flexibility index (Phi) is 5.89. The maximum absolute atomic E-state index is 12.7. The lowest BCUT2D eigenvalue weighted by atomic mass is 10.0. The summed E-state index contributed by atoms with van der Waals surface area (Å²) in [5.74, 6) is -1.87. The first-order chi connectivity index (χ1) is 14.3. The van der Waals surface area contributed by atoms with Crippen molar-refractivity contribution in [2.24, 2.45) is 0 Å². The molecule has 2 aromatic heterocycles. The number of amides is 2. The number of nitrogens with two attached hydrogens (primary N) is 1. The van der Waals surface area contributed by atoms with Crippen molar-refractivity contribution < 1.29 is 19.5 Å². The fraction of sp³-hybridized carbons (Fsp3) is 0.333. The van der Waals surface area contributed by atoms with Crippen LogP contribution < -0.4 is 15.1 Å². The van der Waals surface area contributed by atoms with Gasteiger partial charge in [0.15, 0.2) is 0 Å². The molecule has 30 heavy (non-hydrogen) atoms. The van der Waals surface area contributed by atoms with Crippen LogP contribution in [0.25, 0.3) is 0 Å². The number of carbonyl (C=O) groups is 3. The SMILES string of the molecule is Nc1nnc(C(S)C2=C(C(=O)O)N3C(=O)C(NC(=O)Cc4csc(=O)s4)C3SC2)s1. The summed E-state index contributed by atoms with van der Waals surface area (Å²) in [5.41, 5.74) is 5.86. The zero-order chi connectivity index (χ0) is 21.6. The number of hydrogen-bond acceptors (Lipinski definition) is 12. The summed E-state index contributed by atoms with van der Waals surface area (Å²) in [6, 6.07) is -0.829. The molecule has 0 radical (unpaired) electrons. The number of rotatable bonds is 6. The van der Waals surface area contributed by atoms with Crippen LogP contribution in [-0.4, -0.2) is 55.2 Å². The fourth-order valence-corrected chi connectivity index (χ4v) is 7.38. The minimum atomic E-state index is -1.26. The number of anilines is 1. The molecule has 0 aromatic carbocycles. The molecule has 3 unspecified atom stereocenters. The standard InChI is InChI=1S/C15H13N5O5S5/c16-14-19-18-10(30-14)9(26)5-3-27-12-7(11(22)20(12)8(5)13(23)24)17-6(21)1-4-2-28-15(25)29-4/h2,7,9,12,26H,1,3H2,(H2,16,19)(H,17,21)(H,23,24). The molecule has 0 bridgehead atoms. The number of nitrogens with zero attached hydrogens (tertiary/aromatic N) is 3. The molecule has 15 heteroatoms. The normalized spacial score (nSPS) is 21.8. The second kappa shape index (κ2) is 8.30. The molecule has 4 rings (SSSR count). The fourth-order valence-electron chi connectivity index (χ4n) is 3.09. The molecule has 4 N–H and O–H groups in total. The Balaban J connectivity index is 1.52. The number of carboxylic acid groups (broad SMARTS) is 1. The molecule has 1 saturated heterocycles. The Bertz CT molecular complexity index is 1120. The second-order valence-corrected chi connectivity index (χ2v) is 11.1. The third-order valence-electron chi connectivity index (χ3n) is 4.37. The molecule has 2 amide bonds. The van der Waals surface area contributed by atoms with Crippen molar-refractivity contribution in [3.05, 3.63) is 35.4 Å². The maximum atomic E-state index is 12.7. The van der Waals surface area contributed by atoms with Gasteiger partial charge in [-0.25, -0.2) is 4.79 Å². The van der Waals surface area contributed by atoms with E-state index in [2.05, 4.69) is 28.1 Å². The Hall–Kier alpha value is -1.94. The first kappa shape index (κ1) is 21.3. The Morgan fingerprint density at radius 1 is 1.37 bits per heavy atom. The number of nitrogen functional groups attached to an aromatic ring is 1. The van der Waals surface area contributed by atoms with Crippen molar-refractivity contribution in [3.8, 4) is 0 Å². The van der Waals surface area contributed by atoms with Crippen LogP contribution >= 0.6 is 58.4 Å². The Morgan fingerprint density at radius 2 is 2.13 bits per heavy atom. The van der Waals surface area contributed by atoms with Crippen LogP contribution in [0, 0.1) is 0 Å². The Labute approximate surface area is 190 Å².